The average molecular weight is 742 g/mol. The number of aliphatic carboxylic acids is 1. The van der Waals surface area contributed by atoms with E-state index in [0.717, 1.165) is 23.3 Å². The molecule has 0 spiro atoms. The highest BCUT2D eigenvalue weighted by Crippen LogP contribution is 2.40. The molecule has 2 aliphatic rings. The Morgan fingerprint density at radius 1 is 0.940 bits per heavy atom. The van der Waals surface area contributed by atoms with E-state index in [4.69, 9.17) is 0 Å². The van der Waals surface area contributed by atoms with Crippen LogP contribution in [0.15, 0.2) is 88.5 Å². The van der Waals surface area contributed by atoms with Crippen LogP contribution in [0.1, 0.15) is 81.6 Å². The summed E-state index contributed by atoms with van der Waals surface area (Å²) >= 11 is 2.93. The minimum atomic E-state index is -4.10. The number of nitrogens with zero attached hydrogens (tertiary/aromatic N) is 2. The maximum Gasteiger partial charge on any atom is 0.294 e. The number of rotatable bonds is 18. The third kappa shape index (κ3) is 11.5. The number of amides is 2. The second-order valence-electron chi connectivity index (χ2n) is 12.5. The van der Waals surface area contributed by atoms with E-state index >= 15 is 0 Å². The molecule has 0 radical (unpaired) electrons. The largest absolute Gasteiger partial charge is 0.543 e. The molecule has 0 unspecified atom stereocenters. The zero-order valence-corrected chi connectivity index (χ0v) is 30.9. The average Bonchev–Trinajstić information content (AvgIpc) is 3.61. The Balaban J connectivity index is 0.000000233. The predicted molar refractivity (Wildman–Crippen MR) is 194 cm³/mol. The molecule has 2 amide bonds. The van der Waals surface area contributed by atoms with Crippen LogP contribution in [0.25, 0.3) is 0 Å². The summed E-state index contributed by atoms with van der Waals surface area (Å²) < 4.78 is 33.6. The van der Waals surface area contributed by atoms with Crippen LogP contribution in [0, 0.1) is 0 Å². The van der Waals surface area contributed by atoms with Crippen LogP contribution >= 0.6 is 23.1 Å². The predicted octanol–water partition coefficient (Wildman–Crippen LogP) is 5.08. The summed E-state index contributed by atoms with van der Waals surface area (Å²) in [6.07, 6.45) is 17.2. The van der Waals surface area contributed by atoms with Gasteiger partial charge in [-0.2, -0.15) is 8.42 Å². The van der Waals surface area contributed by atoms with Gasteiger partial charge in [-0.15, -0.1) is 23.1 Å². The number of aryl methyl sites for hydroxylation is 1. The lowest BCUT2D eigenvalue weighted by Gasteiger charge is -2.50. The monoisotopic (exact) mass is 741 g/mol. The third-order valence-corrected chi connectivity index (χ3v) is 11.8. The first-order chi connectivity index (χ1) is 24.1. The Kier molecular flexibility index (Phi) is 15.5. The quantitative estimate of drug-likeness (QED) is 0.0795. The highest BCUT2D eigenvalue weighted by atomic mass is 32.2. The second kappa shape index (κ2) is 19.8. The number of pyridine rings is 1. The number of hydrogen-bond acceptors (Lipinski definition) is 8. The van der Waals surface area contributed by atoms with Crippen molar-refractivity contribution in [3.8, 4) is 0 Å². The molecule has 270 valence electrons. The number of β-lactam (4-membered cyclic amide) rings is 1. The molecule has 0 saturated carbocycles. The van der Waals surface area contributed by atoms with Crippen LogP contribution < -0.4 is 15.0 Å². The topological polar surface area (TPSA) is 148 Å². The van der Waals surface area contributed by atoms with Gasteiger partial charge in [-0.1, -0.05) is 95.0 Å². The number of unbranched alkanes of at least 4 members (excludes halogenated alkanes) is 9. The number of fused-ring (bicyclic) bond motifs is 1. The van der Waals surface area contributed by atoms with Crippen molar-refractivity contribution in [2.75, 3.05) is 5.75 Å². The van der Waals surface area contributed by atoms with Gasteiger partial charge in [0.05, 0.1) is 23.0 Å². The van der Waals surface area contributed by atoms with Crippen LogP contribution in [0.3, 0.4) is 0 Å². The van der Waals surface area contributed by atoms with E-state index in [0.29, 0.717) is 24.3 Å². The minimum absolute atomic E-state index is 0.0610. The molecule has 2 aliphatic heterocycles. The fourth-order valence-electron chi connectivity index (χ4n) is 6.11. The van der Waals surface area contributed by atoms with Gasteiger partial charge < -0.3 is 15.2 Å². The Morgan fingerprint density at radius 2 is 1.60 bits per heavy atom. The fourth-order valence-corrected chi connectivity index (χ4v) is 8.90. The first-order valence-corrected chi connectivity index (χ1v) is 20.7. The van der Waals surface area contributed by atoms with E-state index in [1.54, 1.807) is 12.1 Å². The van der Waals surface area contributed by atoms with Crippen LogP contribution in [-0.2, 0) is 43.9 Å². The Bertz CT molecular complexity index is 1700. The molecule has 1 saturated heterocycles. The number of aromatic nitrogens is 1. The highest BCUT2D eigenvalue weighted by molar-refractivity contribution is 8.00. The Morgan fingerprint density at radius 3 is 2.22 bits per heavy atom. The van der Waals surface area contributed by atoms with Crippen LogP contribution in [-0.4, -0.2) is 52.8 Å². The molecule has 2 N–H and O–H groups in total. The van der Waals surface area contributed by atoms with Gasteiger partial charge in [-0.3, -0.25) is 19.0 Å². The van der Waals surface area contributed by atoms with E-state index in [1.807, 2.05) is 58.7 Å². The lowest BCUT2D eigenvalue weighted by molar-refractivity contribution is -0.689. The van der Waals surface area contributed by atoms with Gasteiger partial charge in [0, 0.05) is 28.3 Å². The number of hydrogen-bond donors (Lipinski definition) is 2. The molecule has 1 fully saturated rings. The summed E-state index contributed by atoms with van der Waals surface area (Å²) in [7, 11) is -4.10. The van der Waals surface area contributed by atoms with E-state index in [-0.39, 0.29) is 22.9 Å². The number of carbonyl (C=O) groups excluding carboxylic acids is 3. The molecule has 5 rings (SSSR count). The summed E-state index contributed by atoms with van der Waals surface area (Å²) in [4.78, 5) is 38.8. The lowest BCUT2D eigenvalue weighted by atomic mass is 10.0. The first kappa shape index (κ1) is 39.3. The van der Waals surface area contributed by atoms with Gasteiger partial charge in [-0.05, 0) is 35.9 Å². The maximum atomic E-state index is 12.6. The van der Waals surface area contributed by atoms with Gasteiger partial charge in [0.25, 0.3) is 16.0 Å². The van der Waals surface area contributed by atoms with Gasteiger partial charge in [0.15, 0.2) is 18.9 Å². The molecule has 10 nitrogen and oxygen atoms in total. The summed E-state index contributed by atoms with van der Waals surface area (Å²) in [5.41, 5.74) is 1.27. The molecule has 2 atom stereocenters. The second-order valence-corrected chi connectivity index (χ2v) is 16.0. The van der Waals surface area contributed by atoms with E-state index in [9.17, 15) is 32.5 Å². The van der Waals surface area contributed by atoms with Crippen LogP contribution in [0.2, 0.25) is 0 Å². The fraction of sp³-hybridized carbons (Fsp3) is 0.459. The SMILES string of the molecule is CCCCCCCCCCCCc1ccccc1S(=O)(=O)O.O=C(Cc1cccs1)N[C@@H]1C(=O)N2C(C(=O)[O-])=C(C[n+]3ccccc3)CS[C@H]12. The minimum Gasteiger partial charge on any atom is -0.543 e. The van der Waals surface area contributed by atoms with Crippen molar-refractivity contribution < 1.29 is 37.0 Å². The van der Waals surface area contributed by atoms with Crippen molar-refractivity contribution in [2.45, 2.75) is 107 Å². The highest BCUT2D eigenvalue weighted by Gasteiger charge is 2.53. The van der Waals surface area contributed by atoms with Gasteiger partial charge in [0.1, 0.15) is 11.4 Å². The number of carboxylic acid groups (broad SMARTS) is 1. The van der Waals surface area contributed by atoms with Crippen molar-refractivity contribution in [3.05, 3.63) is 94.1 Å². The summed E-state index contributed by atoms with van der Waals surface area (Å²) in [6, 6.07) is 15.3. The van der Waals surface area contributed by atoms with Gasteiger partial charge in [-0.25, -0.2) is 4.57 Å². The lowest BCUT2D eigenvalue weighted by Crippen LogP contribution is -2.71. The molecular weight excluding hydrogens is 695 g/mol. The maximum absolute atomic E-state index is 12.6. The van der Waals surface area contributed by atoms with Crippen molar-refractivity contribution in [3.63, 3.8) is 0 Å². The van der Waals surface area contributed by atoms with E-state index in [1.165, 1.54) is 85.4 Å². The Labute approximate surface area is 303 Å². The van der Waals surface area contributed by atoms with Crippen molar-refractivity contribution in [1.82, 2.24) is 10.2 Å². The first-order valence-electron chi connectivity index (χ1n) is 17.3. The van der Waals surface area contributed by atoms with E-state index in [2.05, 4.69) is 12.2 Å². The molecule has 0 aliphatic carbocycles. The van der Waals surface area contributed by atoms with Gasteiger partial charge >= 0.3 is 0 Å². The molecule has 3 aromatic rings. The third-order valence-electron chi connectivity index (χ3n) is 8.67. The molecule has 1 aromatic carbocycles. The number of nitrogens with one attached hydrogen (secondary N) is 1. The summed E-state index contributed by atoms with van der Waals surface area (Å²) in [6.45, 7) is 2.60. The number of benzene rings is 1. The smallest absolute Gasteiger partial charge is 0.294 e. The molecule has 0 bridgehead atoms. The van der Waals surface area contributed by atoms with Crippen molar-refractivity contribution in [1.29, 1.82) is 0 Å². The Hall–Kier alpha value is -3.52. The number of carboxylic acids is 1. The van der Waals surface area contributed by atoms with E-state index < -0.39 is 33.4 Å². The molecule has 50 heavy (non-hydrogen) atoms. The molecule has 2 aromatic heterocycles. The van der Waals surface area contributed by atoms with Gasteiger partial charge in [0.2, 0.25) is 5.91 Å². The number of thioether (sulfide) groups is 1. The summed E-state index contributed by atoms with van der Waals surface area (Å²) in [5, 5.41) is 16.0. The van der Waals surface area contributed by atoms with Crippen molar-refractivity contribution >= 4 is 51.0 Å². The number of carbonyl (C=O) groups is 3. The zero-order chi connectivity index (χ0) is 35.9. The van der Waals surface area contributed by atoms with Crippen LogP contribution in [0.4, 0.5) is 0 Å². The normalized spacial score (nSPS) is 17.0. The molecular formula is C37H47N3O7S3. The summed E-state index contributed by atoms with van der Waals surface area (Å²) in [5.74, 6) is -1.57. The van der Waals surface area contributed by atoms with Crippen LogP contribution in [0.5, 0.6) is 0 Å². The van der Waals surface area contributed by atoms with Crippen molar-refractivity contribution in [2.24, 2.45) is 0 Å². The number of thiophene rings is 1. The molecule has 4 heterocycles. The zero-order valence-electron chi connectivity index (χ0n) is 28.5. The standard InChI is InChI=1S/C19H17N3O4S2.C18H30O3S/c23-14(9-13-5-4-8-27-13)20-15-17(24)22-16(19(25)26)12(11-28-18(15)22)10-21-6-2-1-3-7-21;1-2-3-4-5-6-7-8-9-10-11-14-17-15-12-13-16-18(17)22(19,20)21/h1-8,15,18H,9-11H2,(H-,20,23,25,26);12-13,15-16H,2-11,14H2,1H3,(H,19,20,21)/t15-,18-;/m1./s1. The molecule has 13 heteroatoms.